The minimum absolute atomic E-state index is 0.644. The fraction of sp³-hybridized carbons (Fsp3) is 0.308. The Balaban J connectivity index is 0.000000523. The van der Waals surface area contributed by atoms with Crippen LogP contribution in [0.2, 0.25) is 0 Å². The SMILES string of the molecule is CCCc1nc2ncnn2cc1Cc1ccc(-c2ccccc2C#N)cc1.CCNCC. The lowest BCUT2D eigenvalue weighted by molar-refractivity contribution is 0.762. The van der Waals surface area contributed by atoms with Crippen LogP contribution < -0.4 is 5.32 Å². The van der Waals surface area contributed by atoms with Crippen LogP contribution in [0.25, 0.3) is 16.9 Å². The first kappa shape index (κ1) is 23.1. The van der Waals surface area contributed by atoms with Crippen molar-refractivity contribution in [3.05, 3.63) is 83.4 Å². The van der Waals surface area contributed by atoms with E-state index in [9.17, 15) is 5.26 Å². The van der Waals surface area contributed by atoms with Gasteiger partial charge in [-0.2, -0.15) is 15.3 Å². The van der Waals surface area contributed by atoms with Crippen LogP contribution in [0.15, 0.2) is 61.1 Å². The highest BCUT2D eigenvalue weighted by Gasteiger charge is 2.10. The standard InChI is InChI=1S/C22H19N5.C4H11N/c1-2-5-21-19(14-27-22(26-21)24-15-25-27)12-16-8-10-17(11-9-16)20-7-4-3-6-18(20)13-23;1-3-5-4-2/h3-4,6-11,14-15H,2,5,12H2,1H3;5H,3-4H2,1-2H3. The molecule has 0 radical (unpaired) electrons. The van der Waals surface area contributed by atoms with Crippen LogP contribution in [0.1, 0.15) is 49.6 Å². The summed E-state index contributed by atoms with van der Waals surface area (Å²) in [5, 5.41) is 16.6. The monoisotopic (exact) mass is 426 g/mol. The minimum atomic E-state index is 0.644. The van der Waals surface area contributed by atoms with E-state index in [2.05, 4.69) is 71.5 Å². The first-order valence-corrected chi connectivity index (χ1v) is 11.2. The Hall–Kier alpha value is -3.56. The molecule has 2 heterocycles. The number of nitrogens with zero attached hydrogens (tertiary/aromatic N) is 5. The Bertz CT molecular complexity index is 1170. The van der Waals surface area contributed by atoms with E-state index in [1.807, 2.05) is 30.5 Å². The van der Waals surface area contributed by atoms with Gasteiger partial charge >= 0.3 is 0 Å². The minimum Gasteiger partial charge on any atom is -0.317 e. The van der Waals surface area contributed by atoms with E-state index in [0.29, 0.717) is 11.3 Å². The molecule has 4 aromatic rings. The lowest BCUT2D eigenvalue weighted by atomic mass is 9.97. The zero-order chi connectivity index (χ0) is 22.8. The summed E-state index contributed by atoms with van der Waals surface area (Å²) in [7, 11) is 0. The van der Waals surface area contributed by atoms with Crippen molar-refractivity contribution in [3.8, 4) is 17.2 Å². The summed E-state index contributed by atoms with van der Waals surface area (Å²) in [6.45, 7) is 8.54. The smallest absolute Gasteiger partial charge is 0.252 e. The van der Waals surface area contributed by atoms with Crippen LogP contribution >= 0.6 is 0 Å². The fourth-order valence-corrected chi connectivity index (χ4v) is 3.54. The Morgan fingerprint density at radius 3 is 2.41 bits per heavy atom. The molecular formula is C26H30N6. The highest BCUT2D eigenvalue weighted by molar-refractivity contribution is 5.70. The van der Waals surface area contributed by atoms with Crippen LogP contribution in [0.3, 0.4) is 0 Å². The summed E-state index contributed by atoms with van der Waals surface area (Å²) in [6.07, 6.45) is 6.31. The maximum Gasteiger partial charge on any atom is 0.252 e. The van der Waals surface area contributed by atoms with Gasteiger partial charge in [0.15, 0.2) is 0 Å². The molecule has 0 atom stereocenters. The molecule has 6 nitrogen and oxygen atoms in total. The van der Waals surface area contributed by atoms with Gasteiger partial charge in [-0.15, -0.1) is 0 Å². The lowest BCUT2D eigenvalue weighted by Gasteiger charge is -2.10. The van der Waals surface area contributed by atoms with Crippen molar-refractivity contribution >= 4 is 5.78 Å². The molecule has 2 aromatic heterocycles. The molecule has 0 bridgehead atoms. The molecule has 0 aliphatic carbocycles. The van der Waals surface area contributed by atoms with Crippen molar-refractivity contribution in [1.82, 2.24) is 24.9 Å². The molecule has 0 amide bonds. The molecule has 0 saturated heterocycles. The van der Waals surface area contributed by atoms with Gasteiger partial charge in [-0.1, -0.05) is 69.7 Å². The number of rotatable bonds is 7. The molecule has 0 fully saturated rings. The Kier molecular flexibility index (Phi) is 8.47. The molecule has 0 spiro atoms. The van der Waals surface area contributed by atoms with Gasteiger partial charge in [0.25, 0.3) is 5.78 Å². The molecule has 4 rings (SSSR count). The van der Waals surface area contributed by atoms with E-state index < -0.39 is 0 Å². The molecule has 6 heteroatoms. The predicted molar refractivity (Wildman–Crippen MR) is 128 cm³/mol. The number of nitriles is 1. The summed E-state index contributed by atoms with van der Waals surface area (Å²) < 4.78 is 1.73. The van der Waals surface area contributed by atoms with Gasteiger partial charge in [0.2, 0.25) is 0 Å². The average Bonchev–Trinajstić information content (AvgIpc) is 3.28. The maximum absolute atomic E-state index is 9.31. The Morgan fingerprint density at radius 1 is 1.00 bits per heavy atom. The van der Waals surface area contributed by atoms with Gasteiger partial charge in [-0.05, 0) is 47.8 Å². The molecule has 0 saturated carbocycles. The molecule has 1 N–H and O–H groups in total. The van der Waals surface area contributed by atoms with Gasteiger partial charge in [0.05, 0.1) is 11.6 Å². The maximum atomic E-state index is 9.31. The van der Waals surface area contributed by atoms with E-state index in [4.69, 9.17) is 0 Å². The third kappa shape index (κ3) is 5.77. The van der Waals surface area contributed by atoms with E-state index in [0.717, 1.165) is 49.2 Å². The third-order valence-corrected chi connectivity index (χ3v) is 5.13. The van der Waals surface area contributed by atoms with E-state index >= 15 is 0 Å². The molecule has 32 heavy (non-hydrogen) atoms. The first-order valence-electron chi connectivity index (χ1n) is 11.2. The Morgan fingerprint density at radius 2 is 1.75 bits per heavy atom. The van der Waals surface area contributed by atoms with Crippen molar-refractivity contribution in [2.45, 2.75) is 40.0 Å². The van der Waals surface area contributed by atoms with Crippen LogP contribution in [0.4, 0.5) is 0 Å². The topological polar surface area (TPSA) is 78.9 Å². The summed E-state index contributed by atoms with van der Waals surface area (Å²) in [5.74, 6) is 0.644. The third-order valence-electron chi connectivity index (χ3n) is 5.13. The number of hydrogen-bond donors (Lipinski definition) is 1. The van der Waals surface area contributed by atoms with E-state index in [1.165, 1.54) is 17.5 Å². The van der Waals surface area contributed by atoms with Crippen LogP contribution in [-0.2, 0) is 12.8 Å². The molecule has 0 aliphatic heterocycles. The zero-order valence-corrected chi connectivity index (χ0v) is 19.0. The van der Waals surface area contributed by atoms with Gasteiger partial charge in [0, 0.05) is 18.3 Å². The van der Waals surface area contributed by atoms with E-state index in [-0.39, 0.29) is 0 Å². The second-order valence-electron chi connectivity index (χ2n) is 7.46. The van der Waals surface area contributed by atoms with Gasteiger partial charge in [-0.3, -0.25) is 0 Å². The summed E-state index contributed by atoms with van der Waals surface area (Å²) in [4.78, 5) is 8.85. The second kappa shape index (κ2) is 11.7. The summed E-state index contributed by atoms with van der Waals surface area (Å²) in [5.41, 5.74) is 6.15. The highest BCUT2D eigenvalue weighted by atomic mass is 15.3. The van der Waals surface area contributed by atoms with Gasteiger partial charge in [-0.25, -0.2) is 9.50 Å². The number of aryl methyl sites for hydroxylation is 1. The lowest BCUT2D eigenvalue weighted by Crippen LogP contribution is -2.09. The molecule has 0 aliphatic rings. The van der Waals surface area contributed by atoms with Crippen LogP contribution in [0, 0.1) is 11.3 Å². The number of hydrogen-bond acceptors (Lipinski definition) is 5. The summed E-state index contributed by atoms with van der Waals surface area (Å²) in [6, 6.07) is 18.3. The van der Waals surface area contributed by atoms with Crippen molar-refractivity contribution in [2.75, 3.05) is 13.1 Å². The normalized spacial score (nSPS) is 10.4. The fourth-order valence-electron chi connectivity index (χ4n) is 3.54. The molecule has 2 aromatic carbocycles. The average molecular weight is 427 g/mol. The van der Waals surface area contributed by atoms with Crippen LogP contribution in [0.5, 0.6) is 0 Å². The van der Waals surface area contributed by atoms with Crippen LogP contribution in [-0.4, -0.2) is 32.7 Å². The number of nitrogens with one attached hydrogen (secondary N) is 1. The van der Waals surface area contributed by atoms with Gasteiger partial charge in [0.1, 0.15) is 6.33 Å². The van der Waals surface area contributed by atoms with Crippen molar-refractivity contribution in [2.24, 2.45) is 0 Å². The van der Waals surface area contributed by atoms with E-state index in [1.54, 1.807) is 4.52 Å². The summed E-state index contributed by atoms with van der Waals surface area (Å²) >= 11 is 0. The quantitative estimate of drug-likeness (QED) is 0.458. The van der Waals surface area contributed by atoms with Crippen molar-refractivity contribution in [3.63, 3.8) is 0 Å². The van der Waals surface area contributed by atoms with Crippen molar-refractivity contribution < 1.29 is 0 Å². The number of fused-ring (bicyclic) bond motifs is 1. The molecular weight excluding hydrogens is 396 g/mol. The largest absolute Gasteiger partial charge is 0.317 e. The number of aromatic nitrogens is 4. The first-order chi connectivity index (χ1) is 15.7. The highest BCUT2D eigenvalue weighted by Crippen LogP contribution is 2.24. The molecule has 0 unspecified atom stereocenters. The second-order valence-corrected chi connectivity index (χ2v) is 7.46. The van der Waals surface area contributed by atoms with Crippen molar-refractivity contribution in [1.29, 1.82) is 5.26 Å². The predicted octanol–water partition coefficient (Wildman–Crippen LogP) is 4.82. The zero-order valence-electron chi connectivity index (χ0n) is 19.0. The Labute approximate surface area is 190 Å². The number of benzene rings is 2. The van der Waals surface area contributed by atoms with Gasteiger partial charge < -0.3 is 5.32 Å². The molecule has 164 valence electrons.